The van der Waals surface area contributed by atoms with Crippen LogP contribution in [0.5, 0.6) is 0 Å². The van der Waals surface area contributed by atoms with Gasteiger partial charge in [0.05, 0.1) is 4.47 Å². The van der Waals surface area contributed by atoms with Gasteiger partial charge in [0.15, 0.2) is 5.69 Å². The summed E-state index contributed by atoms with van der Waals surface area (Å²) in [5.41, 5.74) is 1.58. The molecule has 0 aliphatic rings. The van der Waals surface area contributed by atoms with Gasteiger partial charge in [-0.25, -0.2) is 9.37 Å². The molecule has 0 spiro atoms. The molecule has 0 unspecified atom stereocenters. The Labute approximate surface area is 135 Å². The van der Waals surface area contributed by atoms with Gasteiger partial charge in [-0.2, -0.15) is 0 Å². The fraction of sp³-hybridized carbons (Fsp3) is 0.267. The van der Waals surface area contributed by atoms with E-state index in [1.165, 1.54) is 6.07 Å². The molecule has 1 aromatic heterocycles. The summed E-state index contributed by atoms with van der Waals surface area (Å²) in [4.78, 5) is 19.3. The number of nitrogens with zero attached hydrogens (tertiary/aromatic N) is 1. The van der Waals surface area contributed by atoms with Crippen LogP contribution in [0, 0.1) is 5.82 Å². The molecular weight excluding hydrogens is 351 g/mol. The monoisotopic (exact) mass is 367 g/mol. The molecule has 0 bridgehead atoms. The van der Waals surface area contributed by atoms with E-state index in [1.807, 2.05) is 6.92 Å². The lowest BCUT2D eigenvalue weighted by molar-refractivity contribution is -0.115. The molecule has 2 rings (SSSR count). The lowest BCUT2D eigenvalue weighted by Gasteiger charge is -2.09. The van der Waals surface area contributed by atoms with E-state index in [4.69, 9.17) is 5.41 Å². The van der Waals surface area contributed by atoms with Gasteiger partial charge in [0.25, 0.3) is 5.56 Å². The van der Waals surface area contributed by atoms with Crippen molar-refractivity contribution < 1.29 is 9.80 Å². The highest BCUT2D eigenvalue weighted by atomic mass is 79.9. The van der Waals surface area contributed by atoms with Crippen LogP contribution in [0.3, 0.4) is 0 Å². The number of rotatable bonds is 5. The zero-order valence-corrected chi connectivity index (χ0v) is 13.9. The van der Waals surface area contributed by atoms with Crippen molar-refractivity contribution in [2.24, 2.45) is 0 Å². The van der Waals surface area contributed by atoms with Gasteiger partial charge in [0.2, 0.25) is 5.71 Å². The fourth-order valence-electron chi connectivity index (χ4n) is 2.11. The molecule has 0 atom stereocenters. The summed E-state index contributed by atoms with van der Waals surface area (Å²) in [5.74, 6) is -0.0334. The molecule has 0 aliphatic carbocycles. The molecular formula is C15H17BrFN4O+. The van der Waals surface area contributed by atoms with Crippen LogP contribution in [-0.2, 0) is 0 Å². The van der Waals surface area contributed by atoms with Gasteiger partial charge < -0.3 is 10.3 Å². The Kier molecular flexibility index (Phi) is 5.07. The van der Waals surface area contributed by atoms with E-state index in [0.29, 0.717) is 39.4 Å². The van der Waals surface area contributed by atoms with Gasteiger partial charge in [0, 0.05) is 19.0 Å². The van der Waals surface area contributed by atoms with Gasteiger partial charge >= 0.3 is 0 Å². The Morgan fingerprint density at radius 3 is 2.82 bits per heavy atom. The van der Waals surface area contributed by atoms with Gasteiger partial charge in [-0.05, 0) is 40.5 Å². The minimum atomic E-state index is -0.379. The Bertz CT molecular complexity index is 773. The summed E-state index contributed by atoms with van der Waals surface area (Å²) in [6, 6.07) is 4.42. The van der Waals surface area contributed by atoms with Crippen molar-refractivity contribution in [2.45, 2.75) is 19.8 Å². The Balaban J connectivity index is 2.60. The number of benzene rings is 1. The molecule has 0 amide bonds. The zero-order valence-electron chi connectivity index (χ0n) is 12.3. The number of hydrogen-bond donors (Lipinski definition) is 3. The number of halogens is 2. The molecule has 0 fully saturated rings. The van der Waals surface area contributed by atoms with Crippen molar-refractivity contribution in [2.75, 3.05) is 12.4 Å². The molecule has 5 nitrogen and oxygen atoms in total. The first-order chi connectivity index (χ1) is 10.5. The number of aromatic nitrogens is 2. The molecule has 116 valence electrons. The lowest BCUT2D eigenvalue weighted by Crippen LogP contribution is -2.42. The highest BCUT2D eigenvalue weighted by Crippen LogP contribution is 2.23. The Morgan fingerprint density at radius 2 is 2.23 bits per heavy atom. The molecule has 1 aromatic carbocycles. The number of nitrogens with one attached hydrogen (secondary N) is 2. The number of aromatic amines is 1. The van der Waals surface area contributed by atoms with E-state index >= 15 is 0 Å². The average molecular weight is 368 g/mol. The average Bonchev–Trinajstić information content (AvgIpc) is 2.49. The Hall–Kier alpha value is -2.02. The van der Waals surface area contributed by atoms with Crippen molar-refractivity contribution in [1.29, 1.82) is 0 Å². The molecule has 2 aromatic rings. The summed E-state index contributed by atoms with van der Waals surface area (Å²) < 4.78 is 13.7. The van der Waals surface area contributed by atoms with Crippen LogP contribution in [0.15, 0.2) is 27.5 Å². The first-order valence-electron chi connectivity index (χ1n) is 6.87. The molecule has 0 aliphatic heterocycles. The summed E-state index contributed by atoms with van der Waals surface area (Å²) in [5, 5.41) is 8.87. The second kappa shape index (κ2) is 6.83. The maximum Gasteiger partial charge on any atom is 0.275 e. The second-order valence-electron chi connectivity index (χ2n) is 4.79. The summed E-state index contributed by atoms with van der Waals surface area (Å²) >= 11 is 3.13. The van der Waals surface area contributed by atoms with Crippen LogP contribution in [0.4, 0.5) is 10.1 Å². The number of anilines is 1. The number of H-pyrrole nitrogens is 1. The minimum absolute atomic E-state index is 0.303. The SMILES string of the molecule is CCCC(=[NH2+])c1nc(-c2ccc(F)c(Br)c2)[nH]c(=O)c1NC. The molecule has 22 heavy (non-hydrogen) atoms. The largest absolute Gasteiger partial charge is 0.382 e. The van der Waals surface area contributed by atoms with Gasteiger partial charge in [-0.15, -0.1) is 0 Å². The van der Waals surface area contributed by atoms with E-state index in [2.05, 4.69) is 31.2 Å². The normalized spacial score (nSPS) is 10.5. The minimum Gasteiger partial charge on any atom is -0.382 e. The third kappa shape index (κ3) is 3.24. The van der Waals surface area contributed by atoms with Crippen LogP contribution in [0.25, 0.3) is 11.4 Å². The summed E-state index contributed by atoms with van der Waals surface area (Å²) in [6.45, 7) is 2.00. The van der Waals surface area contributed by atoms with Crippen LogP contribution in [0.1, 0.15) is 25.5 Å². The maximum atomic E-state index is 13.3. The van der Waals surface area contributed by atoms with Crippen LogP contribution in [0.2, 0.25) is 0 Å². The van der Waals surface area contributed by atoms with Gasteiger partial charge in [-0.1, -0.05) is 6.92 Å². The van der Waals surface area contributed by atoms with Crippen molar-refractivity contribution in [3.05, 3.63) is 44.5 Å². The highest BCUT2D eigenvalue weighted by Gasteiger charge is 2.18. The van der Waals surface area contributed by atoms with Crippen molar-refractivity contribution in [3.8, 4) is 11.4 Å². The van der Waals surface area contributed by atoms with Crippen molar-refractivity contribution >= 4 is 27.3 Å². The molecule has 0 saturated heterocycles. The third-order valence-corrected chi connectivity index (χ3v) is 3.79. The molecule has 0 saturated carbocycles. The molecule has 4 N–H and O–H groups in total. The number of nitrogens with two attached hydrogens (primary N) is 1. The highest BCUT2D eigenvalue weighted by molar-refractivity contribution is 9.10. The van der Waals surface area contributed by atoms with Crippen LogP contribution < -0.4 is 16.3 Å². The van der Waals surface area contributed by atoms with Gasteiger partial charge in [-0.3, -0.25) is 10.2 Å². The lowest BCUT2D eigenvalue weighted by atomic mass is 10.1. The topological polar surface area (TPSA) is 83.4 Å². The van der Waals surface area contributed by atoms with E-state index in [0.717, 1.165) is 6.42 Å². The second-order valence-corrected chi connectivity index (χ2v) is 5.65. The first kappa shape index (κ1) is 16.4. The fourth-order valence-corrected chi connectivity index (χ4v) is 2.48. The predicted molar refractivity (Wildman–Crippen MR) is 88.4 cm³/mol. The van der Waals surface area contributed by atoms with E-state index in [-0.39, 0.29) is 11.4 Å². The van der Waals surface area contributed by atoms with E-state index < -0.39 is 0 Å². The summed E-state index contributed by atoms with van der Waals surface area (Å²) in [7, 11) is 1.64. The molecule has 0 radical (unpaired) electrons. The maximum absolute atomic E-state index is 13.3. The molecule has 1 heterocycles. The summed E-state index contributed by atoms with van der Waals surface area (Å²) in [6.07, 6.45) is 1.48. The quantitative estimate of drug-likeness (QED) is 0.703. The van der Waals surface area contributed by atoms with Crippen LogP contribution >= 0.6 is 15.9 Å². The van der Waals surface area contributed by atoms with E-state index in [9.17, 15) is 9.18 Å². The third-order valence-electron chi connectivity index (χ3n) is 3.19. The van der Waals surface area contributed by atoms with Crippen molar-refractivity contribution in [1.82, 2.24) is 9.97 Å². The smallest absolute Gasteiger partial charge is 0.275 e. The Morgan fingerprint density at radius 1 is 1.50 bits per heavy atom. The number of hydrogen-bond acceptors (Lipinski definition) is 3. The first-order valence-corrected chi connectivity index (χ1v) is 7.66. The van der Waals surface area contributed by atoms with Crippen molar-refractivity contribution in [3.63, 3.8) is 0 Å². The van der Waals surface area contributed by atoms with Gasteiger partial charge in [0.1, 0.15) is 17.3 Å². The van der Waals surface area contributed by atoms with Crippen LogP contribution in [-0.4, -0.2) is 22.7 Å². The standard InChI is InChI=1S/C15H16BrFN4O/c1-3-4-11(18)12-13(19-2)15(22)21-14(20-12)8-5-6-10(17)9(16)7-8/h5-7,18-19H,3-4H2,1-2H3,(H,20,21,22)/p+1. The van der Waals surface area contributed by atoms with E-state index in [1.54, 1.807) is 19.2 Å². The predicted octanol–water partition coefficient (Wildman–Crippen LogP) is 1.73. The molecule has 7 heteroatoms. The zero-order chi connectivity index (χ0) is 16.3.